The summed E-state index contributed by atoms with van der Waals surface area (Å²) in [4.78, 5) is 8.35. The maximum absolute atomic E-state index is 6.00. The minimum absolute atomic E-state index is 0.128. The Kier molecular flexibility index (Phi) is 3.20. The van der Waals surface area contributed by atoms with Crippen molar-refractivity contribution < 1.29 is 4.74 Å². The Morgan fingerprint density at radius 3 is 3.24 bits per heavy atom. The first-order valence-corrected chi connectivity index (χ1v) is 7.26. The average molecular weight is 251 g/mol. The summed E-state index contributed by atoms with van der Waals surface area (Å²) in [6, 6.07) is 0.471. The van der Waals surface area contributed by atoms with Gasteiger partial charge >= 0.3 is 0 Å². The lowest BCUT2D eigenvalue weighted by molar-refractivity contribution is -0.0628. The van der Waals surface area contributed by atoms with Crippen molar-refractivity contribution in [2.75, 3.05) is 23.4 Å². The number of hydrogen-bond donors (Lipinski definition) is 1. The Bertz CT molecular complexity index is 367. The summed E-state index contributed by atoms with van der Waals surface area (Å²) in [5, 5.41) is 3.47. The summed E-state index contributed by atoms with van der Waals surface area (Å²) in [5.41, 5.74) is 0.128. The molecule has 0 amide bonds. The SMILES string of the molecule is c1cnc(NC2CCOC3(CCSC3)C2)cn1. The molecule has 4 nitrogen and oxygen atoms in total. The molecule has 5 heteroatoms. The molecule has 3 rings (SSSR count). The average Bonchev–Trinajstić information content (AvgIpc) is 2.79. The van der Waals surface area contributed by atoms with Crippen LogP contribution in [0.1, 0.15) is 19.3 Å². The summed E-state index contributed by atoms with van der Waals surface area (Å²) in [6.07, 6.45) is 8.55. The fraction of sp³-hybridized carbons (Fsp3) is 0.667. The Balaban J connectivity index is 1.64. The lowest BCUT2D eigenvalue weighted by Gasteiger charge is -2.38. The van der Waals surface area contributed by atoms with E-state index in [2.05, 4.69) is 15.3 Å². The highest BCUT2D eigenvalue weighted by molar-refractivity contribution is 7.99. The van der Waals surface area contributed by atoms with Gasteiger partial charge in [0.05, 0.1) is 11.8 Å². The second kappa shape index (κ2) is 4.82. The van der Waals surface area contributed by atoms with E-state index < -0.39 is 0 Å². The number of aromatic nitrogens is 2. The van der Waals surface area contributed by atoms with Crippen LogP contribution in [-0.2, 0) is 4.74 Å². The minimum Gasteiger partial charge on any atom is -0.374 e. The van der Waals surface area contributed by atoms with Crippen molar-refractivity contribution in [3.63, 3.8) is 0 Å². The fourth-order valence-electron chi connectivity index (χ4n) is 2.60. The largest absolute Gasteiger partial charge is 0.374 e. The molecule has 1 aromatic heterocycles. The van der Waals surface area contributed by atoms with Crippen molar-refractivity contribution in [3.8, 4) is 0 Å². The van der Waals surface area contributed by atoms with Crippen molar-refractivity contribution >= 4 is 17.6 Å². The number of anilines is 1. The number of rotatable bonds is 2. The molecule has 0 radical (unpaired) electrons. The molecular formula is C12H17N3OS. The van der Waals surface area contributed by atoms with E-state index in [9.17, 15) is 0 Å². The summed E-state index contributed by atoms with van der Waals surface area (Å²) in [6.45, 7) is 0.860. The van der Waals surface area contributed by atoms with Crippen LogP contribution in [0.5, 0.6) is 0 Å². The number of thioether (sulfide) groups is 1. The molecule has 0 aromatic carbocycles. The van der Waals surface area contributed by atoms with Gasteiger partial charge in [-0.25, -0.2) is 4.98 Å². The van der Waals surface area contributed by atoms with Gasteiger partial charge in [-0.2, -0.15) is 11.8 Å². The molecule has 2 saturated heterocycles. The maximum atomic E-state index is 6.00. The predicted molar refractivity (Wildman–Crippen MR) is 69.3 cm³/mol. The maximum Gasteiger partial charge on any atom is 0.144 e. The Morgan fingerprint density at radius 2 is 2.47 bits per heavy atom. The van der Waals surface area contributed by atoms with Crippen LogP contribution in [0, 0.1) is 0 Å². The predicted octanol–water partition coefficient (Wildman–Crippen LogP) is 1.94. The number of ether oxygens (including phenoxy) is 1. The third kappa shape index (κ3) is 2.55. The van der Waals surface area contributed by atoms with Gasteiger partial charge in [0.15, 0.2) is 0 Å². The quantitative estimate of drug-likeness (QED) is 0.870. The van der Waals surface area contributed by atoms with Gasteiger partial charge in [0.1, 0.15) is 5.82 Å². The van der Waals surface area contributed by atoms with Crippen LogP contribution in [0.25, 0.3) is 0 Å². The smallest absolute Gasteiger partial charge is 0.144 e. The van der Waals surface area contributed by atoms with E-state index in [0.29, 0.717) is 6.04 Å². The van der Waals surface area contributed by atoms with Crippen LogP contribution in [0.15, 0.2) is 18.6 Å². The summed E-state index contributed by atoms with van der Waals surface area (Å²) < 4.78 is 6.00. The highest BCUT2D eigenvalue weighted by Gasteiger charge is 2.40. The lowest BCUT2D eigenvalue weighted by atomic mass is 9.90. The van der Waals surface area contributed by atoms with E-state index in [1.165, 1.54) is 12.2 Å². The van der Waals surface area contributed by atoms with Crippen LogP contribution in [0.4, 0.5) is 5.82 Å². The van der Waals surface area contributed by atoms with Gasteiger partial charge in [0, 0.05) is 30.8 Å². The zero-order valence-electron chi connectivity index (χ0n) is 9.76. The Morgan fingerprint density at radius 1 is 1.47 bits per heavy atom. The zero-order chi connectivity index (χ0) is 11.6. The first-order valence-electron chi connectivity index (χ1n) is 6.11. The number of hydrogen-bond acceptors (Lipinski definition) is 5. The van der Waals surface area contributed by atoms with Crippen LogP contribution >= 0.6 is 11.8 Å². The second-order valence-electron chi connectivity index (χ2n) is 4.76. The highest BCUT2D eigenvalue weighted by atomic mass is 32.2. The molecule has 1 aromatic rings. The molecule has 92 valence electrons. The van der Waals surface area contributed by atoms with Gasteiger partial charge in [0.25, 0.3) is 0 Å². The molecule has 17 heavy (non-hydrogen) atoms. The zero-order valence-corrected chi connectivity index (χ0v) is 10.6. The minimum atomic E-state index is 0.128. The number of nitrogens with zero attached hydrogens (tertiary/aromatic N) is 2. The van der Waals surface area contributed by atoms with E-state index in [4.69, 9.17) is 4.74 Å². The molecule has 2 aliphatic heterocycles. The van der Waals surface area contributed by atoms with E-state index in [1.807, 2.05) is 11.8 Å². The van der Waals surface area contributed by atoms with Crippen LogP contribution in [0.2, 0.25) is 0 Å². The van der Waals surface area contributed by atoms with Gasteiger partial charge in [-0.1, -0.05) is 0 Å². The first kappa shape index (κ1) is 11.3. The lowest BCUT2D eigenvalue weighted by Crippen LogP contribution is -2.44. The van der Waals surface area contributed by atoms with Crippen molar-refractivity contribution in [2.45, 2.75) is 30.9 Å². The molecule has 1 spiro atoms. The standard InChI is InChI=1S/C12H17N3OS/c1-5-16-12(2-6-17-9-12)7-10(1)15-11-8-13-3-4-14-11/h3-4,8,10H,1-2,5-7,9H2,(H,14,15). The van der Waals surface area contributed by atoms with E-state index in [0.717, 1.165) is 31.0 Å². The van der Waals surface area contributed by atoms with Gasteiger partial charge in [-0.3, -0.25) is 4.98 Å². The van der Waals surface area contributed by atoms with Crippen molar-refractivity contribution in [1.29, 1.82) is 0 Å². The van der Waals surface area contributed by atoms with E-state index in [-0.39, 0.29) is 5.60 Å². The number of nitrogens with one attached hydrogen (secondary N) is 1. The van der Waals surface area contributed by atoms with Crippen molar-refractivity contribution in [3.05, 3.63) is 18.6 Å². The molecule has 2 unspecified atom stereocenters. The van der Waals surface area contributed by atoms with E-state index in [1.54, 1.807) is 18.6 Å². The van der Waals surface area contributed by atoms with Crippen molar-refractivity contribution in [2.24, 2.45) is 0 Å². The highest BCUT2D eigenvalue weighted by Crippen LogP contribution is 2.38. The Hall–Kier alpha value is -0.810. The van der Waals surface area contributed by atoms with Gasteiger partial charge in [0.2, 0.25) is 0 Å². The normalized spacial score (nSPS) is 32.8. The second-order valence-corrected chi connectivity index (χ2v) is 5.86. The summed E-state index contributed by atoms with van der Waals surface area (Å²) in [5.74, 6) is 3.25. The summed E-state index contributed by atoms with van der Waals surface area (Å²) in [7, 11) is 0. The summed E-state index contributed by atoms with van der Waals surface area (Å²) >= 11 is 2.01. The molecule has 0 saturated carbocycles. The van der Waals surface area contributed by atoms with Crippen LogP contribution in [-0.4, -0.2) is 39.7 Å². The van der Waals surface area contributed by atoms with Gasteiger partial charge in [-0.05, 0) is 25.0 Å². The van der Waals surface area contributed by atoms with Gasteiger partial charge < -0.3 is 10.1 Å². The van der Waals surface area contributed by atoms with Gasteiger partial charge in [-0.15, -0.1) is 0 Å². The first-order chi connectivity index (χ1) is 8.36. The van der Waals surface area contributed by atoms with Crippen LogP contribution < -0.4 is 5.32 Å². The third-order valence-electron chi connectivity index (χ3n) is 3.48. The molecule has 2 fully saturated rings. The Labute approximate surface area is 106 Å². The molecule has 0 bridgehead atoms. The van der Waals surface area contributed by atoms with E-state index >= 15 is 0 Å². The fourth-order valence-corrected chi connectivity index (χ4v) is 3.98. The molecule has 2 aliphatic rings. The monoisotopic (exact) mass is 251 g/mol. The molecule has 2 atom stereocenters. The topological polar surface area (TPSA) is 47.0 Å². The van der Waals surface area contributed by atoms with Crippen molar-refractivity contribution in [1.82, 2.24) is 9.97 Å². The molecule has 0 aliphatic carbocycles. The molecule has 1 N–H and O–H groups in total. The molecule has 3 heterocycles. The van der Waals surface area contributed by atoms with Crippen LogP contribution in [0.3, 0.4) is 0 Å². The molecular weight excluding hydrogens is 234 g/mol. The third-order valence-corrected chi connectivity index (χ3v) is 4.70.